The fourth-order valence-electron chi connectivity index (χ4n) is 3.93. The van der Waals surface area contributed by atoms with E-state index in [1.165, 1.54) is 6.42 Å². The van der Waals surface area contributed by atoms with E-state index in [0.29, 0.717) is 31.2 Å². The molecule has 1 saturated carbocycles. The van der Waals surface area contributed by atoms with Gasteiger partial charge in [0.15, 0.2) is 0 Å². The maximum Gasteiger partial charge on any atom is 0.149 e. The van der Waals surface area contributed by atoms with E-state index in [4.69, 9.17) is 5.21 Å². The minimum absolute atomic E-state index is 0.0461. The summed E-state index contributed by atoms with van der Waals surface area (Å²) in [7, 11) is 0. The van der Waals surface area contributed by atoms with E-state index < -0.39 is 6.04 Å². The van der Waals surface area contributed by atoms with Gasteiger partial charge in [-0.3, -0.25) is 14.9 Å². The Balaban J connectivity index is 1.84. The second-order valence-corrected chi connectivity index (χ2v) is 6.93. The van der Waals surface area contributed by atoms with Crippen molar-refractivity contribution in [2.24, 2.45) is 17.8 Å². The third-order valence-electron chi connectivity index (χ3n) is 4.74. The molecule has 1 saturated heterocycles. The Bertz CT molecular complexity index is 325. The molecule has 4 unspecified atom stereocenters. The lowest BCUT2D eigenvalue weighted by Crippen LogP contribution is -2.44. The molecule has 116 valence electrons. The van der Waals surface area contributed by atoms with E-state index >= 15 is 0 Å². The standard InChI is InChI=1S/C15H27N2O3/c1-11-6-12(2)9-16(8-11)10-15(18)13-4-3-5-14(7-13)17(19)20/h11-14,19H,3-10H2,1-2H3/q-1. The van der Waals surface area contributed by atoms with Crippen LogP contribution in [0, 0.1) is 23.0 Å². The van der Waals surface area contributed by atoms with Crippen LogP contribution in [-0.2, 0) is 4.79 Å². The molecule has 4 atom stereocenters. The minimum atomic E-state index is -0.392. The van der Waals surface area contributed by atoms with Gasteiger partial charge in [-0.25, -0.2) is 0 Å². The van der Waals surface area contributed by atoms with Crippen LogP contribution in [0.25, 0.3) is 0 Å². The lowest BCUT2D eigenvalue weighted by atomic mass is 9.82. The van der Waals surface area contributed by atoms with Gasteiger partial charge in [0.05, 0.1) is 6.54 Å². The molecule has 1 aliphatic heterocycles. The Morgan fingerprint density at radius 1 is 1.25 bits per heavy atom. The van der Waals surface area contributed by atoms with Crippen LogP contribution in [0.1, 0.15) is 46.0 Å². The van der Waals surface area contributed by atoms with Gasteiger partial charge in [-0.1, -0.05) is 20.3 Å². The molecule has 0 aromatic heterocycles. The second-order valence-electron chi connectivity index (χ2n) is 6.93. The van der Waals surface area contributed by atoms with E-state index in [0.717, 1.165) is 25.9 Å². The minimum Gasteiger partial charge on any atom is -0.762 e. The number of likely N-dealkylation sites (tertiary alicyclic amines) is 1. The van der Waals surface area contributed by atoms with Crippen molar-refractivity contribution in [3.63, 3.8) is 0 Å². The highest BCUT2D eigenvalue weighted by Gasteiger charge is 2.30. The first kappa shape index (κ1) is 15.9. The predicted molar refractivity (Wildman–Crippen MR) is 77.1 cm³/mol. The molecule has 5 heteroatoms. The lowest BCUT2D eigenvalue weighted by Gasteiger charge is -2.38. The zero-order chi connectivity index (χ0) is 14.7. The Kier molecular flexibility index (Phi) is 5.55. The van der Waals surface area contributed by atoms with Gasteiger partial charge in [-0.05, 0) is 37.5 Å². The summed E-state index contributed by atoms with van der Waals surface area (Å²) in [5, 5.41) is 20.1. The van der Waals surface area contributed by atoms with Crippen LogP contribution in [0.15, 0.2) is 0 Å². The molecule has 0 amide bonds. The van der Waals surface area contributed by atoms with Crippen LogP contribution in [0.2, 0.25) is 0 Å². The molecule has 0 aromatic rings. The topological polar surface area (TPSA) is 66.8 Å². The van der Waals surface area contributed by atoms with E-state index in [1.54, 1.807) is 0 Å². The largest absolute Gasteiger partial charge is 0.762 e. The molecule has 0 bridgehead atoms. The van der Waals surface area contributed by atoms with Gasteiger partial charge in [0.2, 0.25) is 0 Å². The van der Waals surface area contributed by atoms with Gasteiger partial charge in [0, 0.05) is 25.0 Å². The van der Waals surface area contributed by atoms with Crippen molar-refractivity contribution < 1.29 is 10.0 Å². The average Bonchev–Trinajstić information content (AvgIpc) is 2.37. The number of hydrogen-bond donors (Lipinski definition) is 1. The number of nitrogens with zero attached hydrogens (tertiary/aromatic N) is 2. The number of hydroxylamine groups is 2. The Morgan fingerprint density at radius 2 is 1.90 bits per heavy atom. The highest BCUT2D eigenvalue weighted by Crippen LogP contribution is 2.28. The molecular weight excluding hydrogens is 256 g/mol. The fraction of sp³-hybridized carbons (Fsp3) is 0.933. The molecular formula is C15H27N2O3-. The number of piperidine rings is 1. The Labute approximate surface area is 121 Å². The van der Waals surface area contributed by atoms with E-state index in [1.807, 2.05) is 0 Å². The van der Waals surface area contributed by atoms with Crippen molar-refractivity contribution >= 4 is 5.78 Å². The smallest absolute Gasteiger partial charge is 0.149 e. The maximum absolute atomic E-state index is 12.4. The fourth-order valence-corrected chi connectivity index (χ4v) is 3.93. The summed E-state index contributed by atoms with van der Waals surface area (Å²) in [6, 6.07) is -0.392. The zero-order valence-corrected chi connectivity index (χ0v) is 12.6. The zero-order valence-electron chi connectivity index (χ0n) is 12.6. The van der Waals surface area contributed by atoms with Gasteiger partial charge >= 0.3 is 0 Å². The average molecular weight is 283 g/mol. The van der Waals surface area contributed by atoms with Gasteiger partial charge in [0.25, 0.3) is 0 Å². The summed E-state index contributed by atoms with van der Waals surface area (Å²) in [6.07, 6.45) is 4.17. The number of Topliss-reactive ketones (excluding diaryl/α,β-unsaturated/α-hetero) is 1. The van der Waals surface area contributed by atoms with Crippen molar-refractivity contribution in [3.8, 4) is 0 Å². The van der Waals surface area contributed by atoms with Crippen molar-refractivity contribution in [3.05, 3.63) is 5.21 Å². The van der Waals surface area contributed by atoms with Crippen LogP contribution in [0.3, 0.4) is 0 Å². The highest BCUT2D eigenvalue weighted by atomic mass is 16.8. The third-order valence-corrected chi connectivity index (χ3v) is 4.74. The number of hydrogen-bond acceptors (Lipinski definition) is 5. The number of rotatable bonds is 4. The Morgan fingerprint density at radius 3 is 2.50 bits per heavy atom. The number of ketones is 1. The quantitative estimate of drug-likeness (QED) is 0.802. The molecule has 1 heterocycles. The molecule has 1 N–H and O–H groups in total. The third kappa shape index (κ3) is 4.25. The number of carbonyl (C=O) groups excluding carboxylic acids is 1. The molecule has 2 rings (SSSR count). The van der Waals surface area contributed by atoms with Crippen LogP contribution >= 0.6 is 0 Å². The maximum atomic E-state index is 12.4. The molecule has 0 spiro atoms. The van der Waals surface area contributed by atoms with Crippen molar-refractivity contribution in [2.75, 3.05) is 19.6 Å². The highest BCUT2D eigenvalue weighted by molar-refractivity contribution is 5.83. The van der Waals surface area contributed by atoms with Crippen molar-refractivity contribution in [1.82, 2.24) is 10.1 Å². The number of carbonyl (C=O) groups is 1. The SMILES string of the molecule is CC1CC(C)CN(CC(=O)C2CCCC(N([O-])O)C2)C1. The molecule has 1 aliphatic carbocycles. The molecule has 20 heavy (non-hydrogen) atoms. The summed E-state index contributed by atoms with van der Waals surface area (Å²) in [6.45, 7) is 6.99. The summed E-state index contributed by atoms with van der Waals surface area (Å²) in [5.74, 6) is 1.50. The summed E-state index contributed by atoms with van der Waals surface area (Å²) in [5.41, 5.74) is 0. The van der Waals surface area contributed by atoms with Crippen LogP contribution in [0.5, 0.6) is 0 Å². The lowest BCUT2D eigenvalue weighted by molar-refractivity contribution is -0.130. The van der Waals surface area contributed by atoms with E-state index in [-0.39, 0.29) is 16.9 Å². The summed E-state index contributed by atoms with van der Waals surface area (Å²) >= 11 is 0. The van der Waals surface area contributed by atoms with Crippen molar-refractivity contribution in [1.29, 1.82) is 0 Å². The first-order chi connectivity index (χ1) is 9.45. The van der Waals surface area contributed by atoms with E-state index in [2.05, 4.69) is 18.7 Å². The normalized spacial score (nSPS) is 36.2. The monoisotopic (exact) mass is 283 g/mol. The first-order valence-electron chi connectivity index (χ1n) is 7.86. The molecule has 0 radical (unpaired) electrons. The van der Waals surface area contributed by atoms with Crippen LogP contribution < -0.4 is 0 Å². The van der Waals surface area contributed by atoms with Gasteiger partial charge in [-0.2, -0.15) is 0 Å². The molecule has 0 aromatic carbocycles. The van der Waals surface area contributed by atoms with Crippen LogP contribution in [-0.4, -0.2) is 46.8 Å². The summed E-state index contributed by atoms with van der Waals surface area (Å²) < 4.78 is 0. The first-order valence-corrected chi connectivity index (χ1v) is 7.86. The van der Waals surface area contributed by atoms with E-state index in [9.17, 15) is 10.0 Å². The Hall–Kier alpha value is -0.490. The van der Waals surface area contributed by atoms with Gasteiger partial charge in [-0.15, -0.1) is 0 Å². The molecule has 5 nitrogen and oxygen atoms in total. The predicted octanol–water partition coefficient (Wildman–Crippen LogP) is 2.28. The van der Waals surface area contributed by atoms with Crippen molar-refractivity contribution in [2.45, 2.75) is 52.0 Å². The van der Waals surface area contributed by atoms with Gasteiger partial charge < -0.3 is 10.4 Å². The second kappa shape index (κ2) is 6.98. The van der Waals surface area contributed by atoms with Crippen LogP contribution in [0.4, 0.5) is 0 Å². The van der Waals surface area contributed by atoms with Gasteiger partial charge in [0.1, 0.15) is 5.78 Å². The summed E-state index contributed by atoms with van der Waals surface area (Å²) in [4.78, 5) is 14.7. The molecule has 2 aliphatic rings. The molecule has 2 fully saturated rings.